The molecule has 0 radical (unpaired) electrons. The Balaban J connectivity index is 2.17. The Bertz CT molecular complexity index is 572. The van der Waals surface area contributed by atoms with Gasteiger partial charge < -0.3 is 10.1 Å². The summed E-state index contributed by atoms with van der Waals surface area (Å²) in [6, 6.07) is 5.01. The topological polar surface area (TPSA) is 67.4 Å². The van der Waals surface area contributed by atoms with Crippen molar-refractivity contribution in [3.63, 3.8) is 0 Å². The molecular formula is C14H21ClN2O3S. The molecule has 0 atom stereocenters. The number of halogens is 1. The summed E-state index contributed by atoms with van der Waals surface area (Å²) < 4.78 is 32.9. The van der Waals surface area contributed by atoms with Crippen molar-refractivity contribution in [3.8, 4) is 0 Å². The lowest BCUT2D eigenvalue weighted by Crippen LogP contribution is -2.39. The van der Waals surface area contributed by atoms with Gasteiger partial charge in [0.25, 0.3) is 0 Å². The Hall–Kier alpha value is -0.660. The largest absolute Gasteiger partial charge is 0.381 e. The van der Waals surface area contributed by atoms with Gasteiger partial charge in [-0.3, -0.25) is 0 Å². The van der Waals surface area contributed by atoms with Crippen molar-refractivity contribution < 1.29 is 13.2 Å². The van der Waals surface area contributed by atoms with Crippen molar-refractivity contribution in [1.82, 2.24) is 10.0 Å². The highest BCUT2D eigenvalue weighted by molar-refractivity contribution is 7.89. The van der Waals surface area contributed by atoms with E-state index >= 15 is 0 Å². The molecule has 0 aromatic heterocycles. The van der Waals surface area contributed by atoms with Crippen LogP contribution in [0.3, 0.4) is 0 Å². The average Bonchev–Trinajstić information content (AvgIpc) is 2.47. The van der Waals surface area contributed by atoms with Crippen LogP contribution in [0, 0.1) is 0 Å². The summed E-state index contributed by atoms with van der Waals surface area (Å²) >= 11 is 6.07. The number of hydrogen-bond donors (Lipinski definition) is 2. The van der Waals surface area contributed by atoms with Crippen molar-refractivity contribution in [2.45, 2.75) is 37.2 Å². The minimum atomic E-state index is -3.60. The summed E-state index contributed by atoms with van der Waals surface area (Å²) in [5, 5.41) is 3.41. The quantitative estimate of drug-likeness (QED) is 0.835. The molecule has 0 spiro atoms. The van der Waals surface area contributed by atoms with Crippen LogP contribution in [0.15, 0.2) is 23.1 Å². The summed E-state index contributed by atoms with van der Waals surface area (Å²) in [4.78, 5) is 0.145. The van der Waals surface area contributed by atoms with Gasteiger partial charge in [-0.15, -0.1) is 0 Å². The van der Waals surface area contributed by atoms with Gasteiger partial charge in [-0.25, -0.2) is 13.1 Å². The van der Waals surface area contributed by atoms with Crippen molar-refractivity contribution >= 4 is 21.6 Å². The third-order valence-electron chi connectivity index (χ3n) is 3.41. The van der Waals surface area contributed by atoms with Crippen molar-refractivity contribution in [2.75, 3.05) is 19.8 Å². The second-order valence-corrected chi connectivity index (χ2v) is 7.14. The van der Waals surface area contributed by atoms with E-state index in [0.717, 1.165) is 12.1 Å². The summed E-state index contributed by atoms with van der Waals surface area (Å²) in [5.41, 5.74) is 0.897. The van der Waals surface area contributed by atoms with Crippen LogP contribution in [0.1, 0.15) is 25.3 Å². The van der Waals surface area contributed by atoms with Crippen LogP contribution < -0.4 is 10.0 Å². The van der Waals surface area contributed by atoms with Crippen LogP contribution in [0.4, 0.5) is 0 Å². The van der Waals surface area contributed by atoms with E-state index in [-0.39, 0.29) is 16.0 Å². The molecule has 1 aromatic carbocycles. The highest BCUT2D eigenvalue weighted by Gasteiger charge is 2.24. The lowest BCUT2D eigenvalue weighted by molar-refractivity contribution is 0.0832. The Kier molecular flexibility index (Phi) is 6.01. The predicted molar refractivity (Wildman–Crippen MR) is 83.0 cm³/mol. The second-order valence-electron chi connectivity index (χ2n) is 5.05. The summed E-state index contributed by atoms with van der Waals surface area (Å²) in [5.74, 6) is 0. The molecule has 1 aliphatic heterocycles. The standard InChI is InChI=1S/C14H21ClN2O3S/c1-2-16-10-11-3-4-13(15)14(9-11)21(18,19)17-12-5-7-20-8-6-12/h3-4,9,12,16-17H,2,5-8,10H2,1H3. The average molecular weight is 333 g/mol. The zero-order chi connectivity index (χ0) is 15.3. The minimum absolute atomic E-state index is 0.0859. The van der Waals surface area contributed by atoms with Crippen LogP contribution in [0.2, 0.25) is 5.02 Å². The highest BCUT2D eigenvalue weighted by Crippen LogP contribution is 2.23. The van der Waals surface area contributed by atoms with E-state index in [1.54, 1.807) is 12.1 Å². The minimum Gasteiger partial charge on any atom is -0.381 e. The second kappa shape index (κ2) is 7.56. The smallest absolute Gasteiger partial charge is 0.242 e. The van der Waals surface area contributed by atoms with Crippen LogP contribution in [0.25, 0.3) is 0 Å². The maximum atomic E-state index is 12.5. The number of nitrogens with one attached hydrogen (secondary N) is 2. The maximum Gasteiger partial charge on any atom is 0.242 e. The van der Waals surface area contributed by atoms with Gasteiger partial charge in [0.15, 0.2) is 0 Å². The molecule has 0 bridgehead atoms. The maximum absolute atomic E-state index is 12.5. The van der Waals surface area contributed by atoms with Gasteiger partial charge in [0.05, 0.1) is 5.02 Å². The fourth-order valence-electron chi connectivity index (χ4n) is 2.23. The van der Waals surface area contributed by atoms with Crippen molar-refractivity contribution in [2.24, 2.45) is 0 Å². The summed E-state index contributed by atoms with van der Waals surface area (Å²) in [6.45, 7) is 4.61. The molecule has 5 nitrogen and oxygen atoms in total. The molecule has 118 valence electrons. The lowest BCUT2D eigenvalue weighted by atomic mass is 10.1. The Morgan fingerprint density at radius 1 is 1.33 bits per heavy atom. The fourth-order valence-corrected chi connectivity index (χ4v) is 4.09. The molecular weight excluding hydrogens is 312 g/mol. The van der Waals surface area contributed by atoms with E-state index in [1.165, 1.54) is 0 Å². The predicted octanol–water partition coefficient (Wildman–Crippen LogP) is 1.91. The molecule has 21 heavy (non-hydrogen) atoms. The highest BCUT2D eigenvalue weighted by atomic mass is 35.5. The van der Waals surface area contributed by atoms with Gasteiger partial charge in [-0.05, 0) is 37.1 Å². The number of sulfonamides is 1. The molecule has 1 aromatic rings. The van der Waals surface area contributed by atoms with E-state index in [4.69, 9.17) is 16.3 Å². The first-order chi connectivity index (χ1) is 10.0. The molecule has 1 aliphatic rings. The van der Waals surface area contributed by atoms with Gasteiger partial charge >= 0.3 is 0 Å². The van der Waals surface area contributed by atoms with Gasteiger partial charge in [0, 0.05) is 25.8 Å². The van der Waals surface area contributed by atoms with E-state index in [9.17, 15) is 8.42 Å². The third-order valence-corrected chi connectivity index (χ3v) is 5.41. The number of ether oxygens (including phenoxy) is 1. The molecule has 2 rings (SSSR count). The fraction of sp³-hybridized carbons (Fsp3) is 0.571. The molecule has 0 saturated carbocycles. The van der Waals surface area contributed by atoms with Crippen LogP contribution in [-0.2, 0) is 21.3 Å². The molecule has 0 aliphatic carbocycles. The Morgan fingerprint density at radius 3 is 2.71 bits per heavy atom. The lowest BCUT2D eigenvalue weighted by Gasteiger charge is -2.23. The number of rotatable bonds is 6. The number of benzene rings is 1. The normalized spacial score (nSPS) is 17.0. The van der Waals surface area contributed by atoms with Gasteiger partial charge in [-0.2, -0.15) is 0 Å². The molecule has 0 unspecified atom stereocenters. The van der Waals surface area contributed by atoms with Crippen LogP contribution >= 0.6 is 11.6 Å². The summed E-state index contributed by atoms with van der Waals surface area (Å²) in [7, 11) is -3.60. The van der Waals surface area contributed by atoms with Crippen LogP contribution in [0.5, 0.6) is 0 Å². The van der Waals surface area contributed by atoms with Crippen LogP contribution in [-0.4, -0.2) is 34.2 Å². The van der Waals surface area contributed by atoms with E-state index in [1.807, 2.05) is 13.0 Å². The molecule has 7 heteroatoms. The third kappa shape index (κ3) is 4.66. The van der Waals surface area contributed by atoms with E-state index < -0.39 is 10.0 Å². The monoisotopic (exact) mass is 332 g/mol. The molecule has 2 N–H and O–H groups in total. The first-order valence-electron chi connectivity index (χ1n) is 7.12. The molecule has 1 saturated heterocycles. The molecule has 0 amide bonds. The Labute approximate surface area is 131 Å². The summed E-state index contributed by atoms with van der Waals surface area (Å²) in [6.07, 6.45) is 1.38. The number of hydrogen-bond acceptors (Lipinski definition) is 4. The van der Waals surface area contributed by atoms with E-state index in [2.05, 4.69) is 10.0 Å². The zero-order valence-electron chi connectivity index (χ0n) is 12.1. The molecule has 1 fully saturated rings. The first-order valence-corrected chi connectivity index (χ1v) is 8.98. The Morgan fingerprint density at radius 2 is 2.05 bits per heavy atom. The van der Waals surface area contributed by atoms with E-state index in [0.29, 0.717) is 32.6 Å². The van der Waals surface area contributed by atoms with Gasteiger partial charge in [-0.1, -0.05) is 24.6 Å². The van der Waals surface area contributed by atoms with Crippen molar-refractivity contribution in [3.05, 3.63) is 28.8 Å². The zero-order valence-corrected chi connectivity index (χ0v) is 13.6. The van der Waals surface area contributed by atoms with Gasteiger partial charge in [0.2, 0.25) is 10.0 Å². The first kappa shape index (κ1) is 16.7. The molecule has 1 heterocycles. The SMILES string of the molecule is CCNCc1ccc(Cl)c(S(=O)(=O)NC2CCOCC2)c1. The van der Waals surface area contributed by atoms with Gasteiger partial charge in [0.1, 0.15) is 4.90 Å². The van der Waals surface area contributed by atoms with Crippen molar-refractivity contribution in [1.29, 1.82) is 0 Å².